The molecule has 0 spiro atoms. The van der Waals surface area contributed by atoms with Crippen molar-refractivity contribution in [3.8, 4) is 17.2 Å². The number of para-hydroxylation sites is 1. The monoisotopic (exact) mass is 371 g/mol. The van der Waals surface area contributed by atoms with Crippen molar-refractivity contribution in [3.63, 3.8) is 0 Å². The maximum atomic E-state index is 12.1. The Kier molecular flexibility index (Phi) is 6.14. The van der Waals surface area contributed by atoms with E-state index in [1.165, 1.54) is 7.11 Å². The summed E-state index contributed by atoms with van der Waals surface area (Å²) >= 11 is 0. The average molecular weight is 371 g/mol. The number of amides is 1. The second kappa shape index (κ2) is 8.93. The van der Waals surface area contributed by atoms with Gasteiger partial charge in [0.25, 0.3) is 5.91 Å². The highest BCUT2D eigenvalue weighted by Crippen LogP contribution is 2.30. The molecule has 7 nitrogen and oxygen atoms in total. The van der Waals surface area contributed by atoms with Crippen molar-refractivity contribution in [1.82, 2.24) is 5.32 Å². The van der Waals surface area contributed by atoms with Crippen LogP contribution in [-0.4, -0.2) is 45.4 Å². The molecule has 0 unspecified atom stereocenters. The summed E-state index contributed by atoms with van der Waals surface area (Å²) < 4.78 is 21.2. The Balaban J connectivity index is 1.43. The minimum absolute atomic E-state index is 0.282. The predicted octanol–water partition coefficient (Wildman–Crippen LogP) is 1.98. The number of hydrogen-bond donors (Lipinski definition) is 1. The molecule has 7 heteroatoms. The number of benzene rings is 2. The van der Waals surface area contributed by atoms with Crippen molar-refractivity contribution in [2.45, 2.75) is 6.42 Å². The van der Waals surface area contributed by atoms with E-state index in [0.29, 0.717) is 31.9 Å². The van der Waals surface area contributed by atoms with Gasteiger partial charge in [-0.15, -0.1) is 0 Å². The number of ether oxygens (including phenoxy) is 4. The molecule has 1 amide bonds. The second-order valence-corrected chi connectivity index (χ2v) is 5.85. The summed E-state index contributed by atoms with van der Waals surface area (Å²) in [5, 5.41) is 2.73. The number of hydrogen-bond acceptors (Lipinski definition) is 6. The van der Waals surface area contributed by atoms with E-state index in [4.69, 9.17) is 18.9 Å². The fourth-order valence-corrected chi connectivity index (χ4v) is 2.66. The van der Waals surface area contributed by atoms with Crippen molar-refractivity contribution in [2.75, 3.05) is 33.5 Å². The van der Waals surface area contributed by atoms with Crippen molar-refractivity contribution in [2.24, 2.45) is 0 Å². The molecule has 1 heterocycles. The van der Waals surface area contributed by atoms with Gasteiger partial charge in [-0.3, -0.25) is 4.79 Å². The number of rotatable bonds is 7. The molecule has 0 atom stereocenters. The molecule has 1 N–H and O–H groups in total. The molecule has 0 saturated heterocycles. The molecule has 0 radical (unpaired) electrons. The number of methoxy groups -OCH3 is 1. The lowest BCUT2D eigenvalue weighted by Gasteiger charge is -2.18. The fourth-order valence-electron chi connectivity index (χ4n) is 2.66. The minimum Gasteiger partial charge on any atom is -0.496 e. The zero-order chi connectivity index (χ0) is 19.1. The molecule has 2 aromatic carbocycles. The molecular weight excluding hydrogens is 350 g/mol. The average Bonchev–Trinajstić information content (AvgIpc) is 2.72. The third-order valence-electron chi connectivity index (χ3n) is 4.00. The second-order valence-electron chi connectivity index (χ2n) is 5.85. The number of nitrogens with one attached hydrogen (secondary N) is 1. The van der Waals surface area contributed by atoms with Crippen molar-refractivity contribution in [1.29, 1.82) is 0 Å². The Bertz CT molecular complexity index is 820. The first-order valence-electron chi connectivity index (χ1n) is 8.63. The van der Waals surface area contributed by atoms with Crippen LogP contribution in [0.2, 0.25) is 0 Å². The van der Waals surface area contributed by atoms with Crippen molar-refractivity contribution >= 4 is 11.9 Å². The molecule has 142 valence electrons. The fraction of sp³-hybridized carbons (Fsp3) is 0.300. The van der Waals surface area contributed by atoms with E-state index in [9.17, 15) is 9.59 Å². The van der Waals surface area contributed by atoms with E-state index in [0.717, 1.165) is 17.1 Å². The van der Waals surface area contributed by atoms with Gasteiger partial charge in [0.15, 0.2) is 18.1 Å². The lowest BCUT2D eigenvalue weighted by atomic mass is 10.1. The smallest absolute Gasteiger partial charge is 0.342 e. The molecule has 1 aliphatic rings. The summed E-state index contributed by atoms with van der Waals surface area (Å²) in [4.78, 5) is 23.9. The van der Waals surface area contributed by atoms with Crippen LogP contribution >= 0.6 is 0 Å². The van der Waals surface area contributed by atoms with Gasteiger partial charge < -0.3 is 24.3 Å². The van der Waals surface area contributed by atoms with Gasteiger partial charge in [-0.05, 0) is 36.2 Å². The van der Waals surface area contributed by atoms with E-state index in [2.05, 4.69) is 5.32 Å². The highest BCUT2D eigenvalue weighted by molar-refractivity contribution is 5.93. The highest BCUT2D eigenvalue weighted by Gasteiger charge is 2.15. The first kappa shape index (κ1) is 18.6. The topological polar surface area (TPSA) is 83.1 Å². The van der Waals surface area contributed by atoms with E-state index in [-0.39, 0.29) is 18.1 Å². The third-order valence-corrected chi connectivity index (χ3v) is 4.00. The summed E-state index contributed by atoms with van der Waals surface area (Å²) in [6, 6.07) is 12.4. The van der Waals surface area contributed by atoms with Crippen molar-refractivity contribution < 1.29 is 28.5 Å². The van der Waals surface area contributed by atoms with Crippen LogP contribution in [0, 0.1) is 0 Å². The summed E-state index contributed by atoms with van der Waals surface area (Å²) in [6.07, 6.45) is 0.628. The zero-order valence-corrected chi connectivity index (χ0v) is 15.0. The summed E-state index contributed by atoms with van der Waals surface area (Å²) in [5.74, 6) is 0.889. The molecule has 0 aromatic heterocycles. The number of esters is 1. The van der Waals surface area contributed by atoms with E-state index < -0.39 is 5.97 Å². The Morgan fingerprint density at radius 2 is 1.85 bits per heavy atom. The standard InChI is InChI=1S/C20H21NO6/c1-24-16-5-3-2-4-15(16)20(23)27-13-19(22)21-9-8-14-6-7-17-18(12-14)26-11-10-25-17/h2-7,12H,8-11,13H2,1H3,(H,21,22). The maximum absolute atomic E-state index is 12.1. The van der Waals surface area contributed by atoms with Crippen LogP contribution < -0.4 is 19.5 Å². The van der Waals surface area contributed by atoms with Crippen LogP contribution in [-0.2, 0) is 16.0 Å². The van der Waals surface area contributed by atoms with Crippen LogP contribution in [0.4, 0.5) is 0 Å². The van der Waals surface area contributed by atoms with Gasteiger partial charge in [0.1, 0.15) is 24.5 Å². The van der Waals surface area contributed by atoms with Gasteiger partial charge in [0, 0.05) is 6.54 Å². The Hall–Kier alpha value is -3.22. The molecule has 0 bridgehead atoms. The van der Waals surface area contributed by atoms with E-state index in [1.54, 1.807) is 24.3 Å². The first-order chi connectivity index (χ1) is 13.2. The molecule has 27 heavy (non-hydrogen) atoms. The molecule has 1 aliphatic heterocycles. The lowest BCUT2D eigenvalue weighted by molar-refractivity contribution is -0.124. The minimum atomic E-state index is -0.602. The van der Waals surface area contributed by atoms with Crippen LogP contribution in [0.15, 0.2) is 42.5 Å². The van der Waals surface area contributed by atoms with Crippen LogP contribution in [0.3, 0.4) is 0 Å². The molecule has 3 rings (SSSR count). The molecule has 2 aromatic rings. The highest BCUT2D eigenvalue weighted by atomic mass is 16.6. The van der Waals surface area contributed by atoms with Crippen LogP contribution in [0.1, 0.15) is 15.9 Å². The normalized spacial score (nSPS) is 12.2. The SMILES string of the molecule is COc1ccccc1C(=O)OCC(=O)NCCc1ccc2c(c1)OCCO2. The zero-order valence-electron chi connectivity index (χ0n) is 15.0. The van der Waals surface area contributed by atoms with Gasteiger partial charge in [-0.2, -0.15) is 0 Å². The Morgan fingerprint density at radius 1 is 1.07 bits per heavy atom. The summed E-state index contributed by atoms with van der Waals surface area (Å²) in [7, 11) is 1.47. The number of carbonyl (C=O) groups excluding carboxylic acids is 2. The number of carbonyl (C=O) groups is 2. The third kappa shape index (κ3) is 4.91. The van der Waals surface area contributed by atoms with Crippen LogP contribution in [0.5, 0.6) is 17.2 Å². The lowest BCUT2D eigenvalue weighted by Crippen LogP contribution is -2.30. The van der Waals surface area contributed by atoms with Crippen molar-refractivity contribution in [3.05, 3.63) is 53.6 Å². The van der Waals surface area contributed by atoms with E-state index in [1.807, 2.05) is 18.2 Å². The summed E-state index contributed by atoms with van der Waals surface area (Å²) in [6.45, 7) is 1.16. The summed E-state index contributed by atoms with van der Waals surface area (Å²) in [5.41, 5.74) is 1.30. The molecule has 0 fully saturated rings. The Labute approximate surface area is 157 Å². The van der Waals surface area contributed by atoms with Gasteiger partial charge >= 0.3 is 5.97 Å². The number of fused-ring (bicyclic) bond motifs is 1. The maximum Gasteiger partial charge on any atom is 0.342 e. The Morgan fingerprint density at radius 3 is 2.67 bits per heavy atom. The van der Waals surface area contributed by atoms with Gasteiger partial charge in [0.05, 0.1) is 7.11 Å². The molecule has 0 saturated carbocycles. The first-order valence-corrected chi connectivity index (χ1v) is 8.63. The van der Waals surface area contributed by atoms with Gasteiger partial charge in [0.2, 0.25) is 0 Å². The quantitative estimate of drug-likeness (QED) is 0.750. The molecule has 0 aliphatic carbocycles. The van der Waals surface area contributed by atoms with Crippen LogP contribution in [0.25, 0.3) is 0 Å². The van der Waals surface area contributed by atoms with E-state index >= 15 is 0 Å². The largest absolute Gasteiger partial charge is 0.496 e. The molecular formula is C20H21NO6. The predicted molar refractivity (Wildman–Crippen MR) is 97.4 cm³/mol. The van der Waals surface area contributed by atoms with Gasteiger partial charge in [-0.25, -0.2) is 4.79 Å². The van der Waals surface area contributed by atoms with Gasteiger partial charge in [-0.1, -0.05) is 18.2 Å².